The number of nitrogens with two attached hydrogens (primary N) is 1. The first-order valence-electron chi connectivity index (χ1n) is 8.18. The van der Waals surface area contributed by atoms with Gasteiger partial charge in [-0.05, 0) is 61.5 Å². The van der Waals surface area contributed by atoms with E-state index in [9.17, 15) is 9.59 Å². The Morgan fingerprint density at radius 2 is 1.69 bits per heavy atom. The van der Waals surface area contributed by atoms with Gasteiger partial charge in [-0.3, -0.25) is 9.59 Å². The Morgan fingerprint density at radius 3 is 2.23 bits per heavy atom. The van der Waals surface area contributed by atoms with Crippen molar-refractivity contribution in [2.75, 3.05) is 13.1 Å². The molecule has 0 saturated heterocycles. The average Bonchev–Trinajstić information content (AvgIpc) is 2.62. The van der Waals surface area contributed by atoms with Gasteiger partial charge in [-0.1, -0.05) is 22.0 Å². The minimum absolute atomic E-state index is 0.0443. The maximum atomic E-state index is 12.5. The van der Waals surface area contributed by atoms with Gasteiger partial charge in [0.15, 0.2) is 5.78 Å². The van der Waals surface area contributed by atoms with Crippen LogP contribution in [0.15, 0.2) is 65.2 Å². The molecule has 0 aromatic heterocycles. The maximum absolute atomic E-state index is 12.5. The molecule has 6 heteroatoms. The molecule has 3 N–H and O–H groups in total. The van der Waals surface area contributed by atoms with E-state index in [1.807, 2.05) is 31.2 Å². The van der Waals surface area contributed by atoms with Crippen LogP contribution in [-0.2, 0) is 4.79 Å². The Bertz CT molecular complexity index is 771. The van der Waals surface area contributed by atoms with Gasteiger partial charge in [0.25, 0.3) is 0 Å². The highest BCUT2D eigenvalue weighted by Gasteiger charge is 2.11. The zero-order chi connectivity index (χ0) is 18.9. The molecule has 0 fully saturated rings. The molecule has 0 aliphatic heterocycles. The number of hydrogen-bond donors (Lipinski definition) is 2. The molecule has 0 spiro atoms. The van der Waals surface area contributed by atoms with E-state index < -0.39 is 5.91 Å². The lowest BCUT2D eigenvalue weighted by molar-refractivity contribution is -0.117. The van der Waals surface area contributed by atoms with Gasteiger partial charge >= 0.3 is 0 Å². The zero-order valence-electron chi connectivity index (χ0n) is 14.4. The van der Waals surface area contributed by atoms with Crippen molar-refractivity contribution in [2.24, 2.45) is 5.73 Å². The summed E-state index contributed by atoms with van der Waals surface area (Å²) in [7, 11) is 0. The molecule has 0 bridgehead atoms. The van der Waals surface area contributed by atoms with E-state index in [0.717, 1.165) is 4.47 Å². The topological polar surface area (TPSA) is 81.4 Å². The lowest BCUT2D eigenvalue weighted by atomic mass is 10.0. The Labute approximate surface area is 161 Å². The van der Waals surface area contributed by atoms with Crippen LogP contribution in [0.3, 0.4) is 0 Å². The van der Waals surface area contributed by atoms with E-state index >= 15 is 0 Å². The molecule has 2 aromatic rings. The highest BCUT2D eigenvalue weighted by atomic mass is 79.9. The molecule has 0 saturated carbocycles. The summed E-state index contributed by atoms with van der Waals surface area (Å²) in [6.07, 6.45) is 3.52. The van der Waals surface area contributed by atoms with Gasteiger partial charge in [-0.25, -0.2) is 0 Å². The second kappa shape index (κ2) is 9.89. The number of halogens is 1. The van der Waals surface area contributed by atoms with Crippen molar-refractivity contribution < 1.29 is 14.3 Å². The van der Waals surface area contributed by atoms with E-state index in [0.29, 0.717) is 23.4 Å². The molecule has 1 unspecified atom stereocenters. The molecular weight excluding hydrogens is 396 g/mol. The van der Waals surface area contributed by atoms with Crippen molar-refractivity contribution in [3.8, 4) is 5.75 Å². The lowest BCUT2D eigenvalue weighted by Crippen LogP contribution is -2.35. The summed E-state index contributed by atoms with van der Waals surface area (Å²) >= 11 is 3.36. The predicted molar refractivity (Wildman–Crippen MR) is 105 cm³/mol. The van der Waals surface area contributed by atoms with E-state index in [1.54, 1.807) is 36.4 Å². The number of allylic oxidation sites excluding steroid dienone is 1. The minimum atomic E-state index is -0.417. The number of ether oxygens (including phenoxy) is 1. The van der Waals surface area contributed by atoms with Crippen molar-refractivity contribution in [1.82, 2.24) is 5.32 Å². The molecule has 0 aliphatic carbocycles. The van der Waals surface area contributed by atoms with Crippen molar-refractivity contribution in [2.45, 2.75) is 13.0 Å². The van der Waals surface area contributed by atoms with Crippen LogP contribution in [0.25, 0.3) is 0 Å². The third kappa shape index (κ3) is 6.13. The van der Waals surface area contributed by atoms with Gasteiger partial charge in [-0.15, -0.1) is 0 Å². The van der Waals surface area contributed by atoms with Crippen LogP contribution in [0, 0.1) is 0 Å². The lowest BCUT2D eigenvalue weighted by Gasteiger charge is -2.16. The number of benzene rings is 2. The third-order valence-electron chi connectivity index (χ3n) is 3.56. The SMILES string of the molecule is C/C=C/C(CNCC(N)=O)Oc1ccc(C(=O)c2ccc(Br)cc2)cc1. The highest BCUT2D eigenvalue weighted by molar-refractivity contribution is 9.10. The van der Waals surface area contributed by atoms with Crippen LogP contribution in [0.1, 0.15) is 22.8 Å². The van der Waals surface area contributed by atoms with Crippen molar-refractivity contribution >= 4 is 27.6 Å². The van der Waals surface area contributed by atoms with Gasteiger partial charge in [0.05, 0.1) is 6.54 Å². The molecule has 136 valence electrons. The van der Waals surface area contributed by atoms with Crippen molar-refractivity contribution in [3.05, 3.63) is 76.3 Å². The number of carbonyl (C=O) groups is 2. The number of primary amides is 1. The predicted octanol–water partition coefficient (Wildman–Crippen LogP) is 3.08. The monoisotopic (exact) mass is 416 g/mol. The Morgan fingerprint density at radius 1 is 1.12 bits per heavy atom. The van der Waals surface area contributed by atoms with Gasteiger partial charge in [0.1, 0.15) is 11.9 Å². The minimum Gasteiger partial charge on any atom is -0.485 e. The Balaban J connectivity index is 2.01. The smallest absolute Gasteiger partial charge is 0.231 e. The van der Waals surface area contributed by atoms with Crippen LogP contribution in [0.4, 0.5) is 0 Å². The summed E-state index contributed by atoms with van der Waals surface area (Å²) in [6.45, 7) is 2.44. The first kappa shape index (κ1) is 19.9. The second-order valence-electron chi connectivity index (χ2n) is 5.64. The number of amides is 1. The Hall–Kier alpha value is -2.44. The molecule has 0 radical (unpaired) electrons. The molecule has 1 atom stereocenters. The second-order valence-corrected chi connectivity index (χ2v) is 6.56. The molecule has 5 nitrogen and oxygen atoms in total. The van der Waals surface area contributed by atoms with E-state index in [-0.39, 0.29) is 18.4 Å². The summed E-state index contributed by atoms with van der Waals surface area (Å²) < 4.78 is 6.80. The quantitative estimate of drug-likeness (QED) is 0.486. The van der Waals surface area contributed by atoms with Crippen LogP contribution in [0.5, 0.6) is 5.75 Å². The molecule has 1 amide bonds. The number of rotatable bonds is 9. The summed E-state index contributed by atoms with van der Waals surface area (Å²) in [4.78, 5) is 23.3. The number of carbonyl (C=O) groups excluding carboxylic acids is 2. The van der Waals surface area contributed by atoms with E-state index in [4.69, 9.17) is 10.5 Å². The first-order chi connectivity index (χ1) is 12.5. The largest absolute Gasteiger partial charge is 0.485 e. The number of hydrogen-bond acceptors (Lipinski definition) is 4. The van der Waals surface area contributed by atoms with Crippen LogP contribution in [-0.4, -0.2) is 30.9 Å². The first-order valence-corrected chi connectivity index (χ1v) is 8.97. The third-order valence-corrected chi connectivity index (χ3v) is 4.09. The fraction of sp³-hybridized carbons (Fsp3) is 0.200. The summed E-state index contributed by atoms with van der Waals surface area (Å²) in [5.41, 5.74) is 6.33. The van der Waals surface area contributed by atoms with Gasteiger partial charge in [0, 0.05) is 22.1 Å². The fourth-order valence-electron chi connectivity index (χ4n) is 2.33. The highest BCUT2D eigenvalue weighted by Crippen LogP contribution is 2.18. The normalized spacial score (nSPS) is 12.1. The van der Waals surface area contributed by atoms with Crippen molar-refractivity contribution in [3.63, 3.8) is 0 Å². The molecular formula is C20H21BrN2O3. The number of nitrogens with one attached hydrogen (secondary N) is 1. The average molecular weight is 417 g/mol. The zero-order valence-corrected chi connectivity index (χ0v) is 16.0. The molecule has 2 aromatic carbocycles. The van der Waals surface area contributed by atoms with E-state index in [2.05, 4.69) is 21.2 Å². The molecule has 0 heterocycles. The van der Waals surface area contributed by atoms with Crippen LogP contribution in [0.2, 0.25) is 0 Å². The number of ketones is 1. The van der Waals surface area contributed by atoms with E-state index in [1.165, 1.54) is 0 Å². The standard InChI is InChI=1S/C20H21BrN2O3/c1-2-3-18(12-23-13-19(22)24)26-17-10-6-15(7-11-17)20(25)14-4-8-16(21)9-5-14/h2-11,18,23H,12-13H2,1H3,(H2,22,24)/b3-2+. The van der Waals surface area contributed by atoms with Crippen LogP contribution >= 0.6 is 15.9 Å². The maximum Gasteiger partial charge on any atom is 0.231 e. The van der Waals surface area contributed by atoms with Gasteiger partial charge in [-0.2, -0.15) is 0 Å². The van der Waals surface area contributed by atoms with Crippen molar-refractivity contribution in [1.29, 1.82) is 0 Å². The molecule has 26 heavy (non-hydrogen) atoms. The Kier molecular flexibility index (Phi) is 7.56. The summed E-state index contributed by atoms with van der Waals surface area (Å²) in [6, 6.07) is 14.2. The van der Waals surface area contributed by atoms with Crippen LogP contribution < -0.4 is 15.8 Å². The molecule has 0 aliphatic rings. The summed E-state index contributed by atoms with van der Waals surface area (Å²) in [5, 5.41) is 2.94. The molecule has 2 rings (SSSR count). The van der Waals surface area contributed by atoms with Gasteiger partial charge < -0.3 is 15.8 Å². The fourth-order valence-corrected chi connectivity index (χ4v) is 2.59. The summed E-state index contributed by atoms with van der Waals surface area (Å²) in [5.74, 6) is 0.179. The van der Waals surface area contributed by atoms with Gasteiger partial charge in [0.2, 0.25) is 5.91 Å².